The molecular weight excluding hydrogens is 442 g/mol. The summed E-state index contributed by atoms with van der Waals surface area (Å²) in [6.45, 7) is 0.411. The Bertz CT molecular complexity index is 810. The van der Waals surface area contributed by atoms with Gasteiger partial charge in [0, 0.05) is 0 Å². The molecule has 8 saturated carbocycles. The van der Waals surface area contributed by atoms with E-state index in [9.17, 15) is 0 Å². The summed E-state index contributed by atoms with van der Waals surface area (Å²) in [7, 11) is 1.93. The first-order chi connectivity index (χ1) is 16.1. The second-order valence-corrected chi connectivity index (χ2v) is 16.3. The van der Waals surface area contributed by atoms with E-state index in [0.717, 1.165) is 64.2 Å². The van der Waals surface area contributed by atoms with Crippen molar-refractivity contribution < 1.29 is 9.47 Å². The van der Waals surface area contributed by atoms with Gasteiger partial charge in [0.25, 0.3) is 0 Å². The summed E-state index contributed by atoms with van der Waals surface area (Å²) in [6.07, 6.45) is 21.5. The molecule has 1 aromatic carbocycles. The van der Waals surface area contributed by atoms with Crippen molar-refractivity contribution in [3.05, 3.63) is 12.1 Å². The number of hydrogen-bond donors (Lipinski definition) is 0. The molecule has 10 rings (SSSR count). The highest BCUT2D eigenvalue weighted by Crippen LogP contribution is 2.62. The molecule has 9 aliphatic rings. The standard InChI is InChI=1S/C29H40O2P2/c1-18-2-20-3-19(1)10-28(9-18,11-20)15-32-26-7-24-25(31-17-30-24)8-27(26)33-16-29-12-21-4-22(13-29)6-23(5-21)14-29/h7-8,18-23,32-33H,1-6,9-17H2. The van der Waals surface area contributed by atoms with Gasteiger partial charge in [-0.15, -0.1) is 0 Å². The summed E-state index contributed by atoms with van der Waals surface area (Å²) < 4.78 is 11.7. The molecule has 1 aromatic rings. The summed E-state index contributed by atoms with van der Waals surface area (Å²) >= 11 is 0. The highest BCUT2D eigenvalue weighted by atomic mass is 31.1. The van der Waals surface area contributed by atoms with Gasteiger partial charge in [0.2, 0.25) is 6.79 Å². The molecule has 178 valence electrons. The quantitative estimate of drug-likeness (QED) is 0.434. The lowest BCUT2D eigenvalue weighted by molar-refractivity contribution is -0.0386. The predicted octanol–water partition coefficient (Wildman–Crippen LogP) is 6.46. The van der Waals surface area contributed by atoms with Crippen LogP contribution in [0.2, 0.25) is 0 Å². The number of fused-ring (bicyclic) bond motifs is 1. The summed E-state index contributed by atoms with van der Waals surface area (Å²) in [6, 6.07) is 4.81. The van der Waals surface area contributed by atoms with Gasteiger partial charge in [0.05, 0.1) is 0 Å². The minimum atomic E-state index is 0.411. The first-order valence-electron chi connectivity index (χ1n) is 14.0. The molecule has 0 saturated heterocycles. The first kappa shape index (κ1) is 20.8. The molecule has 8 bridgehead atoms. The van der Waals surface area contributed by atoms with Crippen molar-refractivity contribution in [3.63, 3.8) is 0 Å². The fourth-order valence-corrected chi connectivity index (χ4v) is 14.3. The van der Waals surface area contributed by atoms with Crippen molar-refractivity contribution in [2.45, 2.75) is 77.0 Å². The molecule has 4 heteroatoms. The van der Waals surface area contributed by atoms with Crippen molar-refractivity contribution in [1.29, 1.82) is 0 Å². The van der Waals surface area contributed by atoms with E-state index in [4.69, 9.17) is 9.47 Å². The monoisotopic (exact) mass is 482 g/mol. The zero-order valence-electron chi connectivity index (χ0n) is 20.0. The van der Waals surface area contributed by atoms with Gasteiger partial charge in [0.1, 0.15) is 0 Å². The van der Waals surface area contributed by atoms with E-state index in [1.54, 1.807) is 87.7 Å². The minimum absolute atomic E-state index is 0.411. The molecule has 0 amide bonds. The van der Waals surface area contributed by atoms with Crippen LogP contribution in [0.1, 0.15) is 77.0 Å². The Morgan fingerprint density at radius 3 is 1.24 bits per heavy atom. The molecule has 8 fully saturated rings. The average Bonchev–Trinajstić information content (AvgIpc) is 3.21. The summed E-state index contributed by atoms with van der Waals surface area (Å²) in [4.78, 5) is 0. The molecule has 2 unspecified atom stereocenters. The number of hydrogen-bond acceptors (Lipinski definition) is 2. The molecule has 0 radical (unpaired) electrons. The molecular formula is C29H40O2P2. The van der Waals surface area contributed by atoms with Crippen LogP contribution in [-0.4, -0.2) is 19.1 Å². The Balaban J connectivity index is 1.03. The lowest BCUT2D eigenvalue weighted by atomic mass is 9.50. The van der Waals surface area contributed by atoms with Gasteiger partial charge in [-0.05, 0) is 158 Å². The van der Waals surface area contributed by atoms with Crippen LogP contribution in [0.3, 0.4) is 0 Å². The molecule has 0 N–H and O–H groups in total. The lowest BCUT2D eigenvalue weighted by Gasteiger charge is -2.57. The second kappa shape index (κ2) is 7.59. The molecule has 2 atom stereocenters. The van der Waals surface area contributed by atoms with Crippen LogP contribution in [0, 0.1) is 46.3 Å². The second-order valence-electron chi connectivity index (χ2n) is 13.8. The van der Waals surface area contributed by atoms with Gasteiger partial charge >= 0.3 is 0 Å². The maximum Gasteiger partial charge on any atom is 0.231 e. The third-order valence-electron chi connectivity index (χ3n) is 11.2. The Morgan fingerprint density at radius 2 is 0.909 bits per heavy atom. The van der Waals surface area contributed by atoms with Crippen molar-refractivity contribution in [1.82, 2.24) is 0 Å². The van der Waals surface area contributed by atoms with Crippen molar-refractivity contribution in [2.75, 3.05) is 19.1 Å². The lowest BCUT2D eigenvalue weighted by Crippen LogP contribution is -2.47. The van der Waals surface area contributed by atoms with Crippen LogP contribution in [0.4, 0.5) is 0 Å². The first-order valence-corrected chi connectivity index (χ1v) is 16.4. The maximum atomic E-state index is 5.85. The van der Waals surface area contributed by atoms with Gasteiger partial charge < -0.3 is 9.47 Å². The third kappa shape index (κ3) is 3.63. The fraction of sp³-hybridized carbons (Fsp3) is 0.793. The normalized spacial score (nSPS) is 46.5. The predicted molar refractivity (Wildman–Crippen MR) is 139 cm³/mol. The van der Waals surface area contributed by atoms with Crippen LogP contribution in [0.5, 0.6) is 11.5 Å². The van der Waals surface area contributed by atoms with E-state index in [1.807, 2.05) is 0 Å². The van der Waals surface area contributed by atoms with Gasteiger partial charge in [-0.3, -0.25) is 0 Å². The number of ether oxygens (including phenoxy) is 2. The van der Waals surface area contributed by atoms with E-state index in [1.165, 1.54) is 12.3 Å². The minimum Gasteiger partial charge on any atom is -0.454 e. The largest absolute Gasteiger partial charge is 0.454 e. The van der Waals surface area contributed by atoms with Gasteiger partial charge in [-0.25, -0.2) is 0 Å². The summed E-state index contributed by atoms with van der Waals surface area (Å²) in [5, 5.41) is 3.27. The van der Waals surface area contributed by atoms with Crippen LogP contribution in [0.25, 0.3) is 0 Å². The summed E-state index contributed by atoms with van der Waals surface area (Å²) in [5.41, 5.74) is 1.37. The average molecular weight is 483 g/mol. The number of benzene rings is 1. The van der Waals surface area contributed by atoms with E-state index < -0.39 is 0 Å². The third-order valence-corrected chi connectivity index (χ3v) is 14.8. The van der Waals surface area contributed by atoms with Crippen molar-refractivity contribution in [2.24, 2.45) is 46.3 Å². The van der Waals surface area contributed by atoms with Crippen LogP contribution in [-0.2, 0) is 0 Å². The topological polar surface area (TPSA) is 18.5 Å². The number of rotatable bonds is 6. The Hall–Kier alpha value is -0.320. The zero-order valence-corrected chi connectivity index (χ0v) is 22.0. The van der Waals surface area contributed by atoms with Crippen LogP contribution >= 0.6 is 17.2 Å². The molecule has 8 aliphatic carbocycles. The molecule has 2 nitrogen and oxygen atoms in total. The van der Waals surface area contributed by atoms with E-state index >= 15 is 0 Å². The van der Waals surface area contributed by atoms with E-state index in [2.05, 4.69) is 12.1 Å². The van der Waals surface area contributed by atoms with Crippen LogP contribution in [0.15, 0.2) is 12.1 Å². The van der Waals surface area contributed by atoms with E-state index in [-0.39, 0.29) is 0 Å². The molecule has 0 aromatic heterocycles. The van der Waals surface area contributed by atoms with Gasteiger partial charge in [-0.1, -0.05) is 17.2 Å². The SMILES string of the molecule is c1c2c(cc(PCC34CC5CC(CC(C5)C3)C4)c1PCC13CC4CC(CC(C4)C1)C3)OCO2. The highest BCUT2D eigenvalue weighted by Gasteiger charge is 2.51. The molecule has 0 spiro atoms. The Morgan fingerprint density at radius 1 is 0.576 bits per heavy atom. The van der Waals surface area contributed by atoms with Crippen molar-refractivity contribution >= 4 is 27.8 Å². The van der Waals surface area contributed by atoms with E-state index in [0.29, 0.717) is 17.6 Å². The van der Waals surface area contributed by atoms with Crippen molar-refractivity contribution in [3.8, 4) is 11.5 Å². The molecule has 1 aliphatic heterocycles. The zero-order chi connectivity index (χ0) is 21.6. The van der Waals surface area contributed by atoms with Crippen LogP contribution < -0.4 is 20.1 Å². The Labute approximate surface area is 203 Å². The van der Waals surface area contributed by atoms with Gasteiger partial charge in [-0.2, -0.15) is 0 Å². The highest BCUT2D eigenvalue weighted by molar-refractivity contribution is 7.54. The van der Waals surface area contributed by atoms with Gasteiger partial charge in [0.15, 0.2) is 11.5 Å². The fourth-order valence-electron chi connectivity index (χ4n) is 10.8. The summed E-state index contributed by atoms with van der Waals surface area (Å²) in [5.74, 6) is 8.43. The Kier molecular flexibility index (Phi) is 4.79. The molecule has 1 heterocycles. The smallest absolute Gasteiger partial charge is 0.231 e. The maximum absolute atomic E-state index is 5.85. The molecule has 33 heavy (non-hydrogen) atoms.